The Labute approximate surface area is 211 Å². The first kappa shape index (κ1) is 25.9. The highest BCUT2D eigenvalue weighted by atomic mass is 19.4. The molecular weight excluding hydrogens is 487 g/mol. The van der Waals surface area contributed by atoms with Gasteiger partial charge in [-0.2, -0.15) is 13.2 Å². The van der Waals surface area contributed by atoms with Crippen LogP contribution in [0.4, 0.5) is 24.5 Å². The number of carbonyl (C=O) groups excluding carboxylic acids is 2. The van der Waals surface area contributed by atoms with Gasteiger partial charge in [0, 0.05) is 24.6 Å². The molecule has 4 rings (SSSR count). The van der Waals surface area contributed by atoms with E-state index in [-0.39, 0.29) is 35.6 Å². The molecule has 0 unspecified atom stereocenters. The number of rotatable bonds is 9. The monoisotopic (exact) mass is 513 g/mol. The van der Waals surface area contributed by atoms with Crippen molar-refractivity contribution in [2.45, 2.75) is 51.1 Å². The van der Waals surface area contributed by atoms with E-state index in [2.05, 4.69) is 25.9 Å². The highest BCUT2D eigenvalue weighted by molar-refractivity contribution is 6.00. The van der Waals surface area contributed by atoms with Crippen LogP contribution in [0.2, 0.25) is 0 Å². The molecule has 11 heteroatoms. The molecule has 3 N–H and O–H groups in total. The van der Waals surface area contributed by atoms with Crippen LogP contribution < -0.4 is 20.7 Å². The van der Waals surface area contributed by atoms with E-state index in [9.17, 15) is 22.8 Å². The molecule has 194 valence electrons. The van der Waals surface area contributed by atoms with Gasteiger partial charge in [0.1, 0.15) is 17.6 Å². The molecule has 0 spiro atoms. The van der Waals surface area contributed by atoms with E-state index in [1.54, 1.807) is 38.1 Å². The van der Waals surface area contributed by atoms with Gasteiger partial charge in [-0.25, -0.2) is 9.97 Å². The first-order valence-corrected chi connectivity index (χ1v) is 11.7. The molecule has 2 amide bonds. The van der Waals surface area contributed by atoms with Crippen LogP contribution in [0.1, 0.15) is 48.2 Å². The van der Waals surface area contributed by atoms with Crippen molar-refractivity contribution in [2.24, 2.45) is 0 Å². The molecule has 1 aromatic heterocycles. The number of hydrogen-bond donors (Lipinski definition) is 3. The standard InChI is InChI=1S/C26H26F3N5O3/c1-16(2)37-20-7-8-22(21(11-20)26(27,28)29)33-19-5-3-17(4-6-19)12-32-24(36)25(9-10-25)34-23(35)18-13-30-15-31-14-18/h3-8,11,13-16,33H,9-10,12H2,1-2H3,(H,32,36)(H,34,35). The number of amides is 2. The number of hydrogen-bond acceptors (Lipinski definition) is 6. The molecule has 0 atom stereocenters. The largest absolute Gasteiger partial charge is 0.491 e. The van der Waals surface area contributed by atoms with E-state index in [0.29, 0.717) is 18.5 Å². The zero-order valence-corrected chi connectivity index (χ0v) is 20.2. The SMILES string of the molecule is CC(C)Oc1ccc(Nc2ccc(CNC(=O)C3(NC(=O)c4cncnc4)CC3)cc2)c(C(F)(F)F)c1. The molecule has 1 fully saturated rings. The maximum atomic E-state index is 13.6. The van der Waals surface area contributed by atoms with E-state index in [0.717, 1.165) is 11.6 Å². The van der Waals surface area contributed by atoms with Gasteiger partial charge in [-0.05, 0) is 62.6 Å². The number of ether oxygens (including phenoxy) is 1. The normalized spacial score (nSPS) is 14.1. The van der Waals surface area contributed by atoms with Gasteiger partial charge in [-0.1, -0.05) is 12.1 Å². The average Bonchev–Trinajstić information content (AvgIpc) is 3.64. The molecule has 0 aliphatic heterocycles. The quantitative estimate of drug-likeness (QED) is 0.386. The van der Waals surface area contributed by atoms with E-state index in [4.69, 9.17) is 4.74 Å². The molecule has 0 saturated heterocycles. The Kier molecular flexibility index (Phi) is 7.33. The summed E-state index contributed by atoms with van der Waals surface area (Å²) in [5.74, 6) is -0.593. The molecule has 37 heavy (non-hydrogen) atoms. The van der Waals surface area contributed by atoms with E-state index >= 15 is 0 Å². The zero-order chi connectivity index (χ0) is 26.6. The van der Waals surface area contributed by atoms with Crippen molar-refractivity contribution in [3.8, 4) is 5.75 Å². The van der Waals surface area contributed by atoms with Crippen molar-refractivity contribution < 1.29 is 27.5 Å². The molecule has 0 bridgehead atoms. The van der Waals surface area contributed by atoms with Gasteiger partial charge in [0.15, 0.2) is 0 Å². The van der Waals surface area contributed by atoms with E-state index in [1.807, 2.05) is 0 Å². The van der Waals surface area contributed by atoms with Crippen LogP contribution in [0, 0.1) is 0 Å². The van der Waals surface area contributed by atoms with Gasteiger partial charge in [-0.15, -0.1) is 0 Å². The summed E-state index contributed by atoms with van der Waals surface area (Å²) in [6, 6.07) is 10.5. The van der Waals surface area contributed by atoms with Gasteiger partial charge in [0.2, 0.25) is 5.91 Å². The predicted octanol–water partition coefficient (Wildman–Crippen LogP) is 4.61. The second-order valence-corrected chi connectivity index (χ2v) is 9.04. The summed E-state index contributed by atoms with van der Waals surface area (Å²) >= 11 is 0. The lowest BCUT2D eigenvalue weighted by Crippen LogP contribution is -2.48. The highest BCUT2D eigenvalue weighted by Gasteiger charge is 2.51. The third-order valence-corrected chi connectivity index (χ3v) is 5.71. The molecule has 1 saturated carbocycles. The first-order chi connectivity index (χ1) is 17.6. The van der Waals surface area contributed by atoms with Crippen LogP contribution in [-0.4, -0.2) is 33.4 Å². The molecule has 3 aromatic rings. The topological polar surface area (TPSA) is 105 Å². The van der Waals surface area contributed by atoms with Gasteiger partial charge >= 0.3 is 6.18 Å². The van der Waals surface area contributed by atoms with Gasteiger partial charge in [0.25, 0.3) is 5.91 Å². The summed E-state index contributed by atoms with van der Waals surface area (Å²) in [5, 5.41) is 8.36. The van der Waals surface area contributed by atoms with Crippen molar-refractivity contribution in [1.29, 1.82) is 0 Å². The minimum absolute atomic E-state index is 0.0973. The summed E-state index contributed by atoms with van der Waals surface area (Å²) in [6.45, 7) is 3.67. The Morgan fingerprint density at radius 2 is 1.73 bits per heavy atom. The molecule has 0 radical (unpaired) electrons. The summed E-state index contributed by atoms with van der Waals surface area (Å²) in [5.41, 5.74) is -0.432. The van der Waals surface area contributed by atoms with Crippen LogP contribution in [0.15, 0.2) is 61.2 Å². The second kappa shape index (κ2) is 10.5. The van der Waals surface area contributed by atoms with Gasteiger partial charge < -0.3 is 20.7 Å². The first-order valence-electron chi connectivity index (χ1n) is 11.7. The maximum Gasteiger partial charge on any atom is 0.418 e. The third kappa shape index (κ3) is 6.54. The number of nitrogens with zero attached hydrogens (tertiary/aromatic N) is 2. The minimum Gasteiger partial charge on any atom is -0.491 e. The predicted molar refractivity (Wildman–Crippen MR) is 130 cm³/mol. The van der Waals surface area contributed by atoms with Crippen molar-refractivity contribution >= 4 is 23.2 Å². The van der Waals surface area contributed by atoms with Crippen LogP contribution in [0.25, 0.3) is 0 Å². The fraction of sp³-hybridized carbons (Fsp3) is 0.308. The van der Waals surface area contributed by atoms with Gasteiger partial charge in [-0.3, -0.25) is 9.59 Å². The Morgan fingerprint density at radius 3 is 2.32 bits per heavy atom. The number of aromatic nitrogens is 2. The number of carbonyl (C=O) groups is 2. The summed E-state index contributed by atoms with van der Waals surface area (Å²) in [7, 11) is 0. The average molecular weight is 514 g/mol. The lowest BCUT2D eigenvalue weighted by molar-refractivity contribution is -0.137. The maximum absolute atomic E-state index is 13.6. The van der Waals surface area contributed by atoms with Crippen molar-refractivity contribution in [1.82, 2.24) is 20.6 Å². The Morgan fingerprint density at radius 1 is 1.05 bits per heavy atom. The number of alkyl halides is 3. The lowest BCUT2D eigenvalue weighted by Gasteiger charge is -2.18. The van der Waals surface area contributed by atoms with Crippen LogP contribution in [-0.2, 0) is 17.5 Å². The zero-order valence-electron chi connectivity index (χ0n) is 20.2. The van der Waals surface area contributed by atoms with Crippen LogP contribution in [0.5, 0.6) is 5.75 Å². The number of halogens is 3. The number of anilines is 2. The Balaban J connectivity index is 1.36. The molecule has 8 nitrogen and oxygen atoms in total. The van der Waals surface area contributed by atoms with Crippen molar-refractivity contribution in [3.05, 3.63) is 77.9 Å². The van der Waals surface area contributed by atoms with Gasteiger partial charge in [0.05, 0.1) is 22.9 Å². The van der Waals surface area contributed by atoms with Crippen molar-refractivity contribution in [3.63, 3.8) is 0 Å². The van der Waals surface area contributed by atoms with Crippen LogP contribution in [0.3, 0.4) is 0 Å². The molecule has 1 aliphatic rings. The fourth-order valence-electron chi connectivity index (χ4n) is 3.67. The van der Waals surface area contributed by atoms with E-state index in [1.165, 1.54) is 30.9 Å². The Hall–Kier alpha value is -4.15. The second-order valence-electron chi connectivity index (χ2n) is 9.04. The summed E-state index contributed by atoms with van der Waals surface area (Å²) in [6.07, 6.45) is 0.273. The molecule has 1 heterocycles. The Bertz CT molecular complexity index is 1260. The molecular formula is C26H26F3N5O3. The number of nitrogens with one attached hydrogen (secondary N) is 3. The molecule has 2 aromatic carbocycles. The molecule has 1 aliphatic carbocycles. The lowest BCUT2D eigenvalue weighted by atomic mass is 10.1. The summed E-state index contributed by atoms with van der Waals surface area (Å²) in [4.78, 5) is 32.7. The van der Waals surface area contributed by atoms with Crippen molar-refractivity contribution in [2.75, 3.05) is 5.32 Å². The fourth-order valence-corrected chi connectivity index (χ4v) is 3.67. The van der Waals surface area contributed by atoms with Crippen LogP contribution >= 0.6 is 0 Å². The minimum atomic E-state index is -4.56. The number of benzene rings is 2. The highest BCUT2D eigenvalue weighted by Crippen LogP contribution is 2.39. The smallest absolute Gasteiger partial charge is 0.418 e. The third-order valence-electron chi connectivity index (χ3n) is 5.71. The summed E-state index contributed by atoms with van der Waals surface area (Å²) < 4.78 is 46.3. The van der Waals surface area contributed by atoms with E-state index < -0.39 is 23.2 Å².